The van der Waals surface area contributed by atoms with Crippen LogP contribution in [0.25, 0.3) is 0 Å². The minimum Gasteiger partial charge on any atom is -0.331 e. The van der Waals surface area contributed by atoms with Crippen LogP contribution in [0.15, 0.2) is 35.7 Å². The summed E-state index contributed by atoms with van der Waals surface area (Å²) in [6.07, 6.45) is 1.31. The van der Waals surface area contributed by atoms with Gasteiger partial charge < -0.3 is 9.80 Å². The number of carbonyl (C=O) groups is 2. The fraction of sp³-hybridized carbons (Fsp3) is 0.520. The number of thiophene rings is 1. The quantitative estimate of drug-likeness (QED) is 0.659. The van der Waals surface area contributed by atoms with Crippen LogP contribution in [0, 0.1) is 12.3 Å². The van der Waals surface area contributed by atoms with Crippen LogP contribution in [-0.2, 0) is 16.0 Å². The third-order valence-electron chi connectivity index (χ3n) is 5.61. The van der Waals surface area contributed by atoms with Crippen LogP contribution in [0.3, 0.4) is 0 Å². The molecule has 0 radical (unpaired) electrons. The Balaban J connectivity index is 1.87. The van der Waals surface area contributed by atoms with E-state index in [4.69, 9.17) is 0 Å². The van der Waals surface area contributed by atoms with Gasteiger partial charge in [-0.15, -0.1) is 11.3 Å². The number of hydrogen-bond donors (Lipinski definition) is 0. The van der Waals surface area contributed by atoms with E-state index in [0.29, 0.717) is 13.0 Å². The normalized spacial score (nSPS) is 16.5. The third-order valence-corrected chi connectivity index (χ3v) is 6.61. The maximum absolute atomic E-state index is 13.5. The molecule has 0 N–H and O–H groups in total. The number of rotatable bonds is 5. The molecule has 2 aromatic rings. The van der Waals surface area contributed by atoms with Crippen LogP contribution in [0.1, 0.15) is 68.6 Å². The summed E-state index contributed by atoms with van der Waals surface area (Å²) in [5.74, 6) is 0.0688. The van der Waals surface area contributed by atoms with Crippen molar-refractivity contribution in [3.8, 4) is 0 Å². The summed E-state index contributed by atoms with van der Waals surface area (Å²) in [7, 11) is 0. The molecule has 1 aromatic heterocycles. The van der Waals surface area contributed by atoms with Gasteiger partial charge in [-0.1, -0.05) is 50.6 Å². The lowest BCUT2D eigenvalue weighted by Crippen LogP contribution is -2.49. The van der Waals surface area contributed by atoms with Gasteiger partial charge >= 0.3 is 0 Å². The van der Waals surface area contributed by atoms with Gasteiger partial charge in [0.15, 0.2) is 0 Å². The van der Waals surface area contributed by atoms with Crippen molar-refractivity contribution in [2.24, 2.45) is 5.41 Å². The first-order chi connectivity index (χ1) is 14.1. The lowest BCUT2D eigenvalue weighted by molar-refractivity contribution is -0.144. The topological polar surface area (TPSA) is 40.6 Å². The summed E-state index contributed by atoms with van der Waals surface area (Å²) in [5, 5.41) is 2.12. The van der Waals surface area contributed by atoms with E-state index in [1.807, 2.05) is 18.7 Å². The zero-order chi connectivity index (χ0) is 22.1. The van der Waals surface area contributed by atoms with E-state index in [1.165, 1.54) is 16.0 Å². The molecule has 2 amide bonds. The van der Waals surface area contributed by atoms with Gasteiger partial charge in [0.25, 0.3) is 0 Å². The second-order valence-corrected chi connectivity index (χ2v) is 10.8. The largest absolute Gasteiger partial charge is 0.331 e. The van der Waals surface area contributed by atoms with Crippen LogP contribution in [0.2, 0.25) is 0 Å². The summed E-state index contributed by atoms with van der Waals surface area (Å²) in [4.78, 5) is 31.5. The first kappa shape index (κ1) is 22.5. The van der Waals surface area contributed by atoms with E-state index in [0.717, 1.165) is 12.0 Å². The summed E-state index contributed by atoms with van der Waals surface area (Å²) < 4.78 is 0. The minimum atomic E-state index is -0.103. The average molecular weight is 427 g/mol. The maximum atomic E-state index is 13.5. The van der Waals surface area contributed by atoms with E-state index < -0.39 is 0 Å². The third kappa shape index (κ3) is 5.12. The van der Waals surface area contributed by atoms with Crippen LogP contribution in [0.5, 0.6) is 0 Å². The Morgan fingerprint density at radius 1 is 1.17 bits per heavy atom. The Kier molecular flexibility index (Phi) is 6.71. The molecule has 0 aliphatic carbocycles. The van der Waals surface area contributed by atoms with Crippen molar-refractivity contribution in [2.45, 2.75) is 66.5 Å². The number of amides is 2. The number of nitrogens with zero attached hydrogens (tertiary/aromatic N) is 2. The van der Waals surface area contributed by atoms with Crippen LogP contribution >= 0.6 is 11.3 Å². The Morgan fingerprint density at radius 2 is 1.83 bits per heavy atom. The van der Waals surface area contributed by atoms with Crippen molar-refractivity contribution in [1.82, 2.24) is 9.80 Å². The van der Waals surface area contributed by atoms with Gasteiger partial charge in [-0.2, -0.15) is 0 Å². The molecule has 0 saturated carbocycles. The average Bonchev–Trinajstić information content (AvgIpc) is 3.13. The van der Waals surface area contributed by atoms with Crippen molar-refractivity contribution < 1.29 is 9.59 Å². The molecule has 0 spiro atoms. The van der Waals surface area contributed by atoms with Crippen LogP contribution in [0.4, 0.5) is 0 Å². The molecular formula is C25H34N2O2S. The van der Waals surface area contributed by atoms with Gasteiger partial charge in [-0.3, -0.25) is 9.59 Å². The zero-order valence-electron chi connectivity index (χ0n) is 19.1. The summed E-state index contributed by atoms with van der Waals surface area (Å²) >= 11 is 1.77. The van der Waals surface area contributed by atoms with Crippen molar-refractivity contribution >= 4 is 23.2 Å². The Labute approximate surface area is 184 Å². The van der Waals surface area contributed by atoms with E-state index >= 15 is 0 Å². The highest BCUT2D eigenvalue weighted by atomic mass is 32.1. The van der Waals surface area contributed by atoms with Crippen molar-refractivity contribution in [3.63, 3.8) is 0 Å². The van der Waals surface area contributed by atoms with E-state index in [2.05, 4.69) is 63.4 Å². The predicted molar refractivity (Wildman–Crippen MR) is 124 cm³/mol. The molecule has 30 heavy (non-hydrogen) atoms. The first-order valence-electron chi connectivity index (χ1n) is 10.8. The van der Waals surface area contributed by atoms with Crippen molar-refractivity contribution in [2.75, 3.05) is 13.1 Å². The number of carbonyl (C=O) groups excluding carboxylic acids is 2. The van der Waals surface area contributed by atoms with Gasteiger partial charge in [-0.25, -0.2) is 0 Å². The first-order valence-corrected chi connectivity index (χ1v) is 11.7. The van der Waals surface area contributed by atoms with Gasteiger partial charge in [0, 0.05) is 23.9 Å². The number of benzene rings is 1. The van der Waals surface area contributed by atoms with E-state index in [9.17, 15) is 9.59 Å². The molecule has 5 heteroatoms. The Hall–Kier alpha value is -2.14. The van der Waals surface area contributed by atoms with Gasteiger partial charge in [0.05, 0.1) is 6.04 Å². The fourth-order valence-electron chi connectivity index (χ4n) is 4.04. The highest BCUT2D eigenvalue weighted by molar-refractivity contribution is 7.10. The van der Waals surface area contributed by atoms with Crippen LogP contribution in [-0.4, -0.2) is 40.7 Å². The predicted octanol–water partition coefficient (Wildman–Crippen LogP) is 5.20. The van der Waals surface area contributed by atoms with Gasteiger partial charge in [0.2, 0.25) is 11.8 Å². The molecular weight excluding hydrogens is 392 g/mol. The van der Waals surface area contributed by atoms with E-state index in [1.54, 1.807) is 16.2 Å². The number of aryl methyl sites for hydroxylation is 1. The zero-order valence-corrected chi connectivity index (χ0v) is 19.9. The molecule has 1 atom stereocenters. The molecule has 0 unspecified atom stereocenters. The fourth-order valence-corrected chi connectivity index (χ4v) is 4.95. The van der Waals surface area contributed by atoms with Gasteiger partial charge in [0.1, 0.15) is 6.54 Å². The summed E-state index contributed by atoms with van der Waals surface area (Å²) in [5.41, 5.74) is 3.46. The molecule has 1 aliphatic rings. The Morgan fingerprint density at radius 3 is 2.43 bits per heavy atom. The molecule has 2 heterocycles. The van der Waals surface area contributed by atoms with Crippen LogP contribution < -0.4 is 0 Å². The lowest BCUT2D eigenvalue weighted by atomic mass is 9.91. The highest BCUT2D eigenvalue weighted by Gasteiger charge is 2.34. The molecule has 4 nitrogen and oxygen atoms in total. The maximum Gasteiger partial charge on any atom is 0.243 e. The number of hydrogen-bond acceptors (Lipinski definition) is 3. The second kappa shape index (κ2) is 8.93. The van der Waals surface area contributed by atoms with Crippen molar-refractivity contribution in [1.29, 1.82) is 0 Å². The molecule has 3 rings (SSSR count). The molecule has 0 saturated heterocycles. The summed E-state index contributed by atoms with van der Waals surface area (Å²) in [6, 6.07) is 10.5. The van der Waals surface area contributed by atoms with E-state index in [-0.39, 0.29) is 35.9 Å². The molecule has 162 valence electrons. The molecule has 0 fully saturated rings. The lowest BCUT2D eigenvalue weighted by Gasteiger charge is -2.38. The smallest absolute Gasteiger partial charge is 0.243 e. The SMILES string of the molecule is Cc1ccc([C@H]2c3ccsc3CCN2C(=O)CN(C(=O)CC(C)(C)C)C(C)C)cc1. The standard InChI is InChI=1S/C25H34N2O2S/c1-17(2)27(22(28)15-25(4,5)6)16-23(29)26-13-11-21-20(12-14-30-21)24(26)19-9-7-18(3)8-10-19/h7-10,12,14,17,24H,11,13,15-16H2,1-6H3/t24-/m0/s1. The minimum absolute atomic E-state index is 0.0110. The monoisotopic (exact) mass is 426 g/mol. The van der Waals surface area contributed by atoms with Gasteiger partial charge in [-0.05, 0) is 55.2 Å². The van der Waals surface area contributed by atoms with Crippen molar-refractivity contribution in [3.05, 3.63) is 57.3 Å². The molecule has 0 bridgehead atoms. The molecule has 1 aliphatic heterocycles. The second-order valence-electron chi connectivity index (χ2n) is 9.80. The summed E-state index contributed by atoms with van der Waals surface area (Å²) in [6.45, 7) is 13.0. The number of fused-ring (bicyclic) bond motifs is 1. The molecule has 1 aromatic carbocycles. The highest BCUT2D eigenvalue weighted by Crippen LogP contribution is 2.38. The Bertz CT molecular complexity index is 893.